The Morgan fingerprint density at radius 2 is 2.06 bits per heavy atom. The Morgan fingerprint density at radius 3 is 2.67 bits per heavy atom. The van der Waals surface area contributed by atoms with Crippen molar-refractivity contribution in [1.82, 2.24) is 0 Å². The molecule has 0 saturated carbocycles. The third-order valence-electron chi connectivity index (χ3n) is 2.70. The SMILES string of the molecule is COc1ccc2c(c1)OCC(=C(SC)SC)C2=O. The van der Waals surface area contributed by atoms with E-state index in [1.165, 1.54) is 0 Å². The highest BCUT2D eigenvalue weighted by atomic mass is 32.2. The van der Waals surface area contributed by atoms with Gasteiger partial charge in [0.15, 0.2) is 5.78 Å². The summed E-state index contributed by atoms with van der Waals surface area (Å²) < 4.78 is 11.8. The van der Waals surface area contributed by atoms with E-state index in [4.69, 9.17) is 9.47 Å². The van der Waals surface area contributed by atoms with Crippen LogP contribution in [0.3, 0.4) is 0 Å². The molecule has 3 nitrogen and oxygen atoms in total. The molecule has 1 heterocycles. The Kier molecular flexibility index (Phi) is 4.24. The van der Waals surface area contributed by atoms with E-state index in [9.17, 15) is 4.79 Å². The highest BCUT2D eigenvalue weighted by Gasteiger charge is 2.26. The normalized spacial score (nSPS) is 13.9. The van der Waals surface area contributed by atoms with Gasteiger partial charge in [-0.3, -0.25) is 4.79 Å². The summed E-state index contributed by atoms with van der Waals surface area (Å²) in [6.45, 7) is 0.329. The first-order valence-corrected chi connectivity index (χ1v) is 7.83. The molecular weight excluding hydrogens is 268 g/mol. The second-order valence-electron chi connectivity index (χ2n) is 3.65. The molecule has 96 valence electrons. The lowest BCUT2D eigenvalue weighted by molar-refractivity contribution is 0.0999. The van der Waals surface area contributed by atoms with Gasteiger partial charge in [0.2, 0.25) is 0 Å². The molecule has 0 fully saturated rings. The van der Waals surface area contributed by atoms with Gasteiger partial charge in [0.25, 0.3) is 0 Å². The van der Waals surface area contributed by atoms with E-state index in [0.717, 1.165) is 9.81 Å². The maximum Gasteiger partial charge on any atom is 0.197 e. The molecule has 1 aliphatic rings. The van der Waals surface area contributed by atoms with Crippen LogP contribution >= 0.6 is 23.5 Å². The van der Waals surface area contributed by atoms with Gasteiger partial charge in [-0.1, -0.05) is 0 Å². The standard InChI is InChI=1S/C13H14O3S2/c1-15-8-4-5-9-11(6-8)16-7-10(12(9)14)13(17-2)18-3/h4-6H,7H2,1-3H3. The Morgan fingerprint density at radius 1 is 1.33 bits per heavy atom. The maximum absolute atomic E-state index is 12.4. The molecule has 0 aromatic heterocycles. The summed E-state index contributed by atoms with van der Waals surface area (Å²) in [6.07, 6.45) is 3.94. The van der Waals surface area contributed by atoms with Gasteiger partial charge in [-0.05, 0) is 24.6 Å². The molecule has 0 unspecified atom stereocenters. The van der Waals surface area contributed by atoms with E-state index in [1.54, 1.807) is 48.8 Å². The minimum Gasteiger partial charge on any atom is -0.497 e. The number of hydrogen-bond acceptors (Lipinski definition) is 5. The number of methoxy groups -OCH3 is 1. The van der Waals surface area contributed by atoms with Crippen LogP contribution in [-0.4, -0.2) is 32.0 Å². The van der Waals surface area contributed by atoms with E-state index in [1.807, 2.05) is 12.5 Å². The van der Waals surface area contributed by atoms with Crippen LogP contribution in [-0.2, 0) is 0 Å². The molecule has 18 heavy (non-hydrogen) atoms. The van der Waals surface area contributed by atoms with Crippen LogP contribution in [0.1, 0.15) is 10.4 Å². The quantitative estimate of drug-likeness (QED) is 0.796. The number of fused-ring (bicyclic) bond motifs is 1. The molecule has 0 bridgehead atoms. The Balaban J connectivity index is 2.43. The molecule has 0 atom stereocenters. The van der Waals surface area contributed by atoms with Gasteiger partial charge >= 0.3 is 0 Å². The minimum atomic E-state index is 0.0533. The molecule has 5 heteroatoms. The average Bonchev–Trinajstić information content (AvgIpc) is 2.42. The van der Waals surface area contributed by atoms with Crippen molar-refractivity contribution in [1.29, 1.82) is 0 Å². The third kappa shape index (κ3) is 2.37. The van der Waals surface area contributed by atoms with Gasteiger partial charge in [0.05, 0.1) is 22.5 Å². The fraction of sp³-hybridized carbons (Fsp3) is 0.308. The number of Topliss-reactive ketones (excluding diaryl/α,β-unsaturated/α-hetero) is 1. The molecule has 1 aromatic carbocycles. The van der Waals surface area contributed by atoms with Crippen molar-refractivity contribution in [2.24, 2.45) is 0 Å². The molecule has 0 amide bonds. The number of ether oxygens (including phenoxy) is 2. The fourth-order valence-electron chi connectivity index (χ4n) is 1.80. The van der Waals surface area contributed by atoms with Gasteiger partial charge < -0.3 is 9.47 Å². The zero-order valence-electron chi connectivity index (χ0n) is 10.5. The predicted molar refractivity (Wildman–Crippen MR) is 76.9 cm³/mol. The summed E-state index contributed by atoms with van der Waals surface area (Å²) >= 11 is 3.16. The predicted octanol–water partition coefficient (Wildman–Crippen LogP) is 3.21. The zero-order chi connectivity index (χ0) is 13.1. The monoisotopic (exact) mass is 282 g/mol. The summed E-state index contributed by atoms with van der Waals surface area (Å²) in [5, 5.41) is 0. The van der Waals surface area contributed by atoms with Crippen LogP contribution < -0.4 is 9.47 Å². The smallest absolute Gasteiger partial charge is 0.197 e. The zero-order valence-corrected chi connectivity index (χ0v) is 12.1. The largest absolute Gasteiger partial charge is 0.497 e. The molecule has 1 aromatic rings. The minimum absolute atomic E-state index is 0.0533. The van der Waals surface area contributed by atoms with E-state index in [0.29, 0.717) is 23.7 Å². The molecule has 1 aliphatic heterocycles. The van der Waals surface area contributed by atoms with Crippen LogP contribution in [0.15, 0.2) is 28.0 Å². The van der Waals surface area contributed by atoms with Crippen molar-refractivity contribution < 1.29 is 14.3 Å². The van der Waals surface area contributed by atoms with Crippen LogP contribution in [0.25, 0.3) is 0 Å². The lowest BCUT2D eigenvalue weighted by Crippen LogP contribution is -2.20. The lowest BCUT2D eigenvalue weighted by atomic mass is 10.0. The van der Waals surface area contributed by atoms with E-state index in [2.05, 4.69) is 0 Å². The summed E-state index contributed by atoms with van der Waals surface area (Å²) in [6, 6.07) is 5.29. The molecular formula is C13H14O3S2. The van der Waals surface area contributed by atoms with Crippen molar-refractivity contribution in [2.75, 3.05) is 26.2 Å². The highest BCUT2D eigenvalue weighted by Crippen LogP contribution is 2.36. The number of benzene rings is 1. The summed E-state index contributed by atoms with van der Waals surface area (Å²) in [5.74, 6) is 1.35. The molecule has 2 rings (SSSR count). The first-order chi connectivity index (χ1) is 8.71. The van der Waals surface area contributed by atoms with E-state index < -0.39 is 0 Å². The Hall–Kier alpha value is -1.07. The number of thioether (sulfide) groups is 2. The van der Waals surface area contributed by atoms with Crippen LogP contribution in [0.2, 0.25) is 0 Å². The second-order valence-corrected chi connectivity index (χ2v) is 5.55. The van der Waals surface area contributed by atoms with Crippen molar-refractivity contribution in [3.63, 3.8) is 0 Å². The second kappa shape index (κ2) is 5.71. The summed E-state index contributed by atoms with van der Waals surface area (Å²) in [7, 11) is 1.59. The fourth-order valence-corrected chi connectivity index (χ4v) is 3.26. The van der Waals surface area contributed by atoms with Gasteiger partial charge in [-0.2, -0.15) is 0 Å². The Labute approximate surface area is 115 Å². The maximum atomic E-state index is 12.4. The number of rotatable bonds is 3. The van der Waals surface area contributed by atoms with Crippen molar-refractivity contribution >= 4 is 29.3 Å². The molecule has 0 radical (unpaired) electrons. The lowest BCUT2D eigenvalue weighted by Gasteiger charge is -2.21. The number of carbonyl (C=O) groups excluding carboxylic acids is 1. The average molecular weight is 282 g/mol. The number of ketones is 1. The van der Waals surface area contributed by atoms with Crippen LogP contribution in [0.5, 0.6) is 11.5 Å². The number of hydrogen-bond donors (Lipinski definition) is 0. The van der Waals surface area contributed by atoms with Crippen molar-refractivity contribution in [3.8, 4) is 11.5 Å². The first-order valence-electron chi connectivity index (χ1n) is 5.38. The van der Waals surface area contributed by atoms with E-state index >= 15 is 0 Å². The molecule has 0 aliphatic carbocycles. The van der Waals surface area contributed by atoms with Gasteiger partial charge in [-0.25, -0.2) is 0 Å². The van der Waals surface area contributed by atoms with Crippen LogP contribution in [0, 0.1) is 0 Å². The van der Waals surface area contributed by atoms with E-state index in [-0.39, 0.29) is 5.78 Å². The van der Waals surface area contributed by atoms with Gasteiger partial charge in [0, 0.05) is 6.07 Å². The van der Waals surface area contributed by atoms with Crippen molar-refractivity contribution in [3.05, 3.63) is 33.6 Å². The first kappa shape index (κ1) is 13.4. The van der Waals surface area contributed by atoms with Gasteiger partial charge in [-0.15, -0.1) is 23.5 Å². The highest BCUT2D eigenvalue weighted by molar-refractivity contribution is 8.21. The third-order valence-corrected chi connectivity index (χ3v) is 4.93. The molecule has 0 saturated heterocycles. The number of carbonyl (C=O) groups is 1. The Bertz CT molecular complexity index is 503. The van der Waals surface area contributed by atoms with Gasteiger partial charge in [0.1, 0.15) is 18.1 Å². The molecule has 0 N–H and O–H groups in total. The van der Waals surface area contributed by atoms with Crippen molar-refractivity contribution in [2.45, 2.75) is 0 Å². The summed E-state index contributed by atoms with van der Waals surface area (Å²) in [4.78, 5) is 12.4. The summed E-state index contributed by atoms with van der Waals surface area (Å²) in [5.41, 5.74) is 1.35. The topological polar surface area (TPSA) is 35.5 Å². The van der Waals surface area contributed by atoms with Crippen LogP contribution in [0.4, 0.5) is 0 Å². The molecule has 0 spiro atoms.